The first kappa shape index (κ1) is 23.3. The molecule has 0 saturated heterocycles. The molecule has 0 radical (unpaired) electrons. The van der Waals surface area contributed by atoms with Crippen molar-refractivity contribution in [1.29, 1.82) is 0 Å². The van der Waals surface area contributed by atoms with E-state index >= 15 is 0 Å². The van der Waals surface area contributed by atoms with Crippen molar-refractivity contribution in [3.63, 3.8) is 0 Å². The van der Waals surface area contributed by atoms with Crippen molar-refractivity contribution in [1.82, 2.24) is 5.32 Å². The van der Waals surface area contributed by atoms with E-state index in [0.717, 1.165) is 40.7 Å². The molecule has 0 fully saturated rings. The van der Waals surface area contributed by atoms with E-state index in [2.05, 4.69) is 52.3 Å². The van der Waals surface area contributed by atoms with Gasteiger partial charge in [0.1, 0.15) is 6.61 Å². The molecule has 152 valence electrons. The largest absolute Gasteiger partial charge is 0.694 e. The Morgan fingerprint density at radius 3 is 2.61 bits per heavy atom. The number of nitrogens with one attached hydrogen (secondary N) is 1. The van der Waals surface area contributed by atoms with Gasteiger partial charge < -0.3 is 5.32 Å². The third-order valence-corrected chi connectivity index (χ3v) is 6.22. The molecule has 0 aromatic heterocycles. The van der Waals surface area contributed by atoms with E-state index in [1.807, 2.05) is 17.8 Å². The molecule has 7 heteroatoms. The number of hydrogen-bond acceptors (Lipinski definition) is 4. The molecular weight excluding hydrogens is 413 g/mol. The minimum absolute atomic E-state index is 0.278. The summed E-state index contributed by atoms with van der Waals surface area (Å²) in [5.41, 5.74) is 2.55. The van der Waals surface area contributed by atoms with Crippen LogP contribution in [0.4, 0.5) is 0 Å². The maximum Gasteiger partial charge on any atom is 0.694 e. The van der Waals surface area contributed by atoms with Crippen molar-refractivity contribution in [3.8, 4) is 0 Å². The molecule has 0 aliphatic heterocycles. The third kappa shape index (κ3) is 10.0. The SMILES string of the molecule is O=[P+](O)OCCCNCc1ccc(SCCCCCc2ccccc2)c(Cl)c1. The van der Waals surface area contributed by atoms with E-state index in [4.69, 9.17) is 16.5 Å². The first-order chi connectivity index (χ1) is 13.6. The summed E-state index contributed by atoms with van der Waals surface area (Å²) < 4.78 is 15.0. The number of benzene rings is 2. The summed E-state index contributed by atoms with van der Waals surface area (Å²) in [6.07, 6.45) is 5.49. The average molecular weight is 441 g/mol. The summed E-state index contributed by atoms with van der Waals surface area (Å²) in [5.74, 6) is 1.08. The highest BCUT2D eigenvalue weighted by Gasteiger charge is 2.10. The highest BCUT2D eigenvalue weighted by Crippen LogP contribution is 2.29. The van der Waals surface area contributed by atoms with Crippen LogP contribution in [0.25, 0.3) is 0 Å². The highest BCUT2D eigenvalue weighted by molar-refractivity contribution is 7.99. The first-order valence-electron chi connectivity index (χ1n) is 9.60. The van der Waals surface area contributed by atoms with Gasteiger partial charge in [-0.3, -0.25) is 0 Å². The Kier molecular flexibility index (Phi) is 11.8. The van der Waals surface area contributed by atoms with Gasteiger partial charge in [-0.2, -0.15) is 0 Å². The van der Waals surface area contributed by atoms with Gasteiger partial charge in [-0.15, -0.1) is 21.2 Å². The van der Waals surface area contributed by atoms with Crippen molar-refractivity contribution in [3.05, 3.63) is 64.7 Å². The summed E-state index contributed by atoms with van der Waals surface area (Å²) >= 11 is 8.24. The molecule has 4 nitrogen and oxygen atoms in total. The molecule has 0 saturated carbocycles. The van der Waals surface area contributed by atoms with Gasteiger partial charge in [-0.25, -0.2) is 0 Å². The van der Waals surface area contributed by atoms with Crippen LogP contribution in [0.3, 0.4) is 0 Å². The van der Waals surface area contributed by atoms with Gasteiger partial charge in [0.05, 0.1) is 5.02 Å². The molecule has 2 N–H and O–H groups in total. The van der Waals surface area contributed by atoms with Crippen LogP contribution >= 0.6 is 31.6 Å². The topological polar surface area (TPSA) is 58.6 Å². The van der Waals surface area contributed by atoms with Crippen molar-refractivity contribution < 1.29 is 14.0 Å². The fourth-order valence-corrected chi connectivity index (χ4v) is 4.36. The second-order valence-corrected chi connectivity index (χ2v) is 8.79. The van der Waals surface area contributed by atoms with E-state index in [1.165, 1.54) is 24.8 Å². The zero-order chi connectivity index (χ0) is 20.0. The second kappa shape index (κ2) is 14.1. The van der Waals surface area contributed by atoms with Gasteiger partial charge in [-0.1, -0.05) is 54.4 Å². The van der Waals surface area contributed by atoms with Crippen LogP contribution in [-0.4, -0.2) is 23.8 Å². The lowest BCUT2D eigenvalue weighted by Crippen LogP contribution is -2.15. The fourth-order valence-electron chi connectivity index (χ4n) is 2.78. The van der Waals surface area contributed by atoms with Gasteiger partial charge in [0.2, 0.25) is 0 Å². The molecule has 0 aliphatic carbocycles. The summed E-state index contributed by atoms with van der Waals surface area (Å²) in [5, 5.41) is 4.08. The van der Waals surface area contributed by atoms with Crippen LogP contribution in [0.2, 0.25) is 5.02 Å². The number of hydrogen-bond donors (Lipinski definition) is 2. The summed E-state index contributed by atoms with van der Waals surface area (Å²) in [4.78, 5) is 9.68. The predicted octanol–water partition coefficient (Wildman–Crippen LogP) is 5.99. The van der Waals surface area contributed by atoms with Crippen LogP contribution in [0.5, 0.6) is 0 Å². The van der Waals surface area contributed by atoms with Crippen LogP contribution in [0.15, 0.2) is 53.4 Å². The van der Waals surface area contributed by atoms with Crippen LogP contribution in [-0.2, 0) is 22.1 Å². The van der Waals surface area contributed by atoms with Gasteiger partial charge >= 0.3 is 8.25 Å². The van der Waals surface area contributed by atoms with Gasteiger partial charge in [0, 0.05) is 16.0 Å². The monoisotopic (exact) mass is 440 g/mol. The third-order valence-electron chi connectivity index (χ3n) is 4.24. The molecule has 1 atom stereocenters. The van der Waals surface area contributed by atoms with Gasteiger partial charge in [0.15, 0.2) is 0 Å². The predicted molar refractivity (Wildman–Crippen MR) is 118 cm³/mol. The summed E-state index contributed by atoms with van der Waals surface area (Å²) in [7, 11) is -2.49. The molecule has 0 heterocycles. The van der Waals surface area contributed by atoms with Crippen molar-refractivity contribution in [2.24, 2.45) is 0 Å². The van der Waals surface area contributed by atoms with E-state index < -0.39 is 8.25 Å². The molecule has 0 aliphatic rings. The second-order valence-electron chi connectivity index (χ2n) is 6.51. The molecule has 0 spiro atoms. The Hall–Kier alpha value is -0.940. The lowest BCUT2D eigenvalue weighted by atomic mass is 10.1. The molecule has 2 rings (SSSR count). The number of unbranched alkanes of at least 4 members (excludes halogenated alkanes) is 2. The lowest BCUT2D eigenvalue weighted by Gasteiger charge is -2.08. The van der Waals surface area contributed by atoms with Crippen molar-refractivity contribution in [2.45, 2.75) is 43.5 Å². The molecular formula is C21H28ClNO3PS+. The van der Waals surface area contributed by atoms with Crippen molar-refractivity contribution >= 4 is 31.6 Å². The Balaban J connectivity index is 1.58. The number of halogens is 1. The summed E-state index contributed by atoms with van der Waals surface area (Å²) in [6, 6.07) is 16.8. The fraction of sp³-hybridized carbons (Fsp3) is 0.429. The highest BCUT2D eigenvalue weighted by atomic mass is 35.5. The Morgan fingerprint density at radius 2 is 1.86 bits per heavy atom. The first-order valence-corrected chi connectivity index (χ1v) is 12.1. The maximum absolute atomic E-state index is 10.4. The Morgan fingerprint density at radius 1 is 1.04 bits per heavy atom. The number of aryl methyl sites for hydroxylation is 1. The van der Waals surface area contributed by atoms with Crippen molar-refractivity contribution in [2.75, 3.05) is 18.9 Å². The van der Waals surface area contributed by atoms with E-state index in [0.29, 0.717) is 6.42 Å². The zero-order valence-electron chi connectivity index (χ0n) is 16.0. The summed E-state index contributed by atoms with van der Waals surface area (Å²) in [6.45, 7) is 1.72. The number of rotatable bonds is 14. The minimum atomic E-state index is -2.49. The molecule has 2 aromatic rings. The Bertz CT molecular complexity index is 718. The molecule has 0 amide bonds. The quantitative estimate of drug-likeness (QED) is 0.214. The Labute approximate surface area is 178 Å². The molecule has 28 heavy (non-hydrogen) atoms. The van der Waals surface area contributed by atoms with E-state index in [9.17, 15) is 4.57 Å². The maximum atomic E-state index is 10.4. The van der Waals surface area contributed by atoms with Crippen LogP contribution in [0.1, 0.15) is 36.8 Å². The van der Waals surface area contributed by atoms with Gasteiger partial charge in [-0.05, 0) is 61.2 Å². The molecule has 2 aromatic carbocycles. The number of thioether (sulfide) groups is 1. The van der Waals surface area contributed by atoms with E-state index in [1.54, 1.807) is 0 Å². The smallest absolute Gasteiger partial charge is 0.313 e. The van der Waals surface area contributed by atoms with E-state index in [-0.39, 0.29) is 6.61 Å². The van der Waals surface area contributed by atoms with Crippen LogP contribution in [0, 0.1) is 0 Å². The normalized spacial score (nSPS) is 11.6. The average Bonchev–Trinajstić information content (AvgIpc) is 2.69. The molecule has 0 bridgehead atoms. The van der Waals surface area contributed by atoms with Crippen LogP contribution < -0.4 is 5.32 Å². The standard InChI is InChI=1S/C21H27ClNO3PS/c22-20-16-19(17-23-13-7-14-26-27(24)25)11-12-21(20)28-15-6-2-5-10-18-8-3-1-4-9-18/h1,3-4,8-9,11-12,16,23H,2,5-7,10,13-15,17H2/p+1. The minimum Gasteiger partial charge on any atom is -0.313 e. The molecule has 1 unspecified atom stereocenters. The lowest BCUT2D eigenvalue weighted by molar-refractivity contribution is 0.276. The van der Waals surface area contributed by atoms with Gasteiger partial charge in [0.25, 0.3) is 0 Å². The zero-order valence-corrected chi connectivity index (χ0v) is 18.4.